The van der Waals surface area contributed by atoms with Crippen LogP contribution in [0.4, 0.5) is 0 Å². The fourth-order valence-corrected chi connectivity index (χ4v) is 3.31. The Bertz CT molecular complexity index is 852. The molecule has 0 aliphatic rings. The van der Waals surface area contributed by atoms with Gasteiger partial charge in [0.15, 0.2) is 0 Å². The van der Waals surface area contributed by atoms with Gasteiger partial charge in [0.05, 0.1) is 4.88 Å². The summed E-state index contributed by atoms with van der Waals surface area (Å²) in [7, 11) is 0. The molecule has 6 heteroatoms. The van der Waals surface area contributed by atoms with E-state index in [1.807, 2.05) is 60.0 Å². The Morgan fingerprint density at radius 2 is 1.81 bits per heavy atom. The zero-order valence-corrected chi connectivity index (χ0v) is 15.6. The van der Waals surface area contributed by atoms with Crippen molar-refractivity contribution in [3.05, 3.63) is 88.4 Å². The number of hydrogen-bond donors (Lipinski definition) is 2. The summed E-state index contributed by atoms with van der Waals surface area (Å²) in [6, 6.07) is 18.3. The number of aromatic nitrogens is 1. The van der Waals surface area contributed by atoms with Crippen LogP contribution in [0, 0.1) is 0 Å². The molecule has 5 nitrogen and oxygen atoms in total. The van der Waals surface area contributed by atoms with Crippen molar-refractivity contribution in [2.24, 2.45) is 0 Å². The summed E-state index contributed by atoms with van der Waals surface area (Å²) in [5, 5.41) is 7.61. The number of nitrogens with zero attached hydrogens (tertiary/aromatic N) is 1. The Labute approximate surface area is 162 Å². The highest BCUT2D eigenvalue weighted by Gasteiger charge is 2.22. The molecule has 3 aromatic rings. The molecule has 0 saturated carbocycles. The number of rotatable bonds is 8. The Hall–Kier alpha value is -2.99. The summed E-state index contributed by atoms with van der Waals surface area (Å²) >= 11 is 1.35. The van der Waals surface area contributed by atoms with E-state index >= 15 is 0 Å². The third-order valence-electron chi connectivity index (χ3n) is 4.06. The smallest absolute Gasteiger partial charge is 0.262 e. The van der Waals surface area contributed by atoms with Crippen LogP contribution in [0.3, 0.4) is 0 Å². The summed E-state index contributed by atoms with van der Waals surface area (Å²) < 4.78 is 0. The number of carbonyl (C=O) groups excluding carboxylic acids is 2. The van der Waals surface area contributed by atoms with Crippen molar-refractivity contribution in [3.8, 4) is 0 Å². The number of carbonyl (C=O) groups is 2. The number of amides is 2. The lowest BCUT2D eigenvalue weighted by Gasteiger charge is -2.18. The molecule has 1 aromatic carbocycles. The molecule has 0 aliphatic carbocycles. The van der Waals surface area contributed by atoms with Gasteiger partial charge in [-0.1, -0.05) is 42.5 Å². The minimum atomic E-state index is -0.634. The lowest BCUT2D eigenvalue weighted by Crippen LogP contribution is -2.48. The first-order valence-electron chi connectivity index (χ1n) is 8.78. The van der Waals surface area contributed by atoms with Crippen molar-refractivity contribution in [1.82, 2.24) is 15.6 Å². The van der Waals surface area contributed by atoms with Gasteiger partial charge in [-0.2, -0.15) is 0 Å². The summed E-state index contributed by atoms with van der Waals surface area (Å²) in [5.41, 5.74) is 1.91. The number of thiophene rings is 1. The van der Waals surface area contributed by atoms with Crippen molar-refractivity contribution < 1.29 is 9.59 Å². The molecule has 138 valence electrons. The van der Waals surface area contributed by atoms with Gasteiger partial charge >= 0.3 is 0 Å². The second kappa shape index (κ2) is 9.64. The van der Waals surface area contributed by atoms with Crippen LogP contribution in [-0.2, 0) is 17.6 Å². The molecule has 3 rings (SSSR count). The van der Waals surface area contributed by atoms with Gasteiger partial charge in [0, 0.05) is 31.3 Å². The maximum atomic E-state index is 12.7. The molecule has 0 fully saturated rings. The average molecular weight is 379 g/mol. The van der Waals surface area contributed by atoms with Crippen LogP contribution in [0.15, 0.2) is 72.2 Å². The van der Waals surface area contributed by atoms with E-state index in [-0.39, 0.29) is 11.8 Å². The van der Waals surface area contributed by atoms with Crippen LogP contribution in [0.25, 0.3) is 0 Å². The quantitative estimate of drug-likeness (QED) is 0.632. The van der Waals surface area contributed by atoms with Crippen LogP contribution < -0.4 is 10.6 Å². The standard InChI is InChI=1S/C21H21N3O2S/c25-20(23-13-11-17-9-4-5-12-22-17)18(15-16-7-2-1-3-8-16)24-21(26)19-10-6-14-27-19/h1-10,12,14,18H,11,13,15H2,(H,23,25)(H,24,26)/t18-/m0/s1. The summed E-state index contributed by atoms with van der Waals surface area (Å²) in [6.45, 7) is 0.468. The number of benzene rings is 1. The first kappa shape index (κ1) is 18.8. The highest BCUT2D eigenvalue weighted by molar-refractivity contribution is 7.12. The lowest BCUT2D eigenvalue weighted by molar-refractivity contribution is -0.122. The molecule has 2 N–H and O–H groups in total. The van der Waals surface area contributed by atoms with E-state index in [2.05, 4.69) is 15.6 Å². The van der Waals surface area contributed by atoms with Gasteiger partial charge in [-0.3, -0.25) is 14.6 Å². The van der Waals surface area contributed by atoms with Crippen LogP contribution in [0.2, 0.25) is 0 Å². The maximum absolute atomic E-state index is 12.7. The minimum Gasteiger partial charge on any atom is -0.354 e. The second-order valence-electron chi connectivity index (χ2n) is 6.06. The van der Waals surface area contributed by atoms with E-state index in [1.165, 1.54) is 11.3 Å². The SMILES string of the molecule is O=C(N[C@@H](Cc1ccccc1)C(=O)NCCc1ccccn1)c1cccs1. The maximum Gasteiger partial charge on any atom is 0.262 e. The van der Waals surface area contributed by atoms with Gasteiger partial charge in [-0.25, -0.2) is 0 Å². The molecule has 1 atom stereocenters. The van der Waals surface area contributed by atoms with Crippen LogP contribution >= 0.6 is 11.3 Å². The van der Waals surface area contributed by atoms with Crippen molar-refractivity contribution in [1.29, 1.82) is 0 Å². The zero-order valence-electron chi connectivity index (χ0n) is 14.8. The molecule has 0 radical (unpaired) electrons. The first-order chi connectivity index (χ1) is 13.2. The van der Waals surface area contributed by atoms with E-state index in [4.69, 9.17) is 0 Å². The van der Waals surface area contributed by atoms with Crippen molar-refractivity contribution in [3.63, 3.8) is 0 Å². The van der Waals surface area contributed by atoms with Gasteiger partial charge in [-0.05, 0) is 29.1 Å². The third kappa shape index (κ3) is 5.76. The van der Waals surface area contributed by atoms with E-state index in [0.717, 1.165) is 11.3 Å². The fraction of sp³-hybridized carbons (Fsp3) is 0.190. The molecule has 2 heterocycles. The summed E-state index contributed by atoms with van der Waals surface area (Å²) in [4.78, 5) is 30.0. The van der Waals surface area contributed by atoms with Crippen LogP contribution in [0.5, 0.6) is 0 Å². The lowest BCUT2D eigenvalue weighted by atomic mass is 10.0. The second-order valence-corrected chi connectivity index (χ2v) is 7.00. The van der Waals surface area contributed by atoms with Crippen LogP contribution in [-0.4, -0.2) is 29.4 Å². The Balaban J connectivity index is 1.62. The molecule has 0 spiro atoms. The number of nitrogens with one attached hydrogen (secondary N) is 2. The predicted octanol–water partition coefficient (Wildman–Crippen LogP) is 2.84. The summed E-state index contributed by atoms with van der Waals surface area (Å²) in [5.74, 6) is -0.425. The largest absolute Gasteiger partial charge is 0.354 e. The molecule has 2 amide bonds. The molecular formula is C21H21N3O2S. The van der Waals surface area contributed by atoms with Gasteiger partial charge in [0.2, 0.25) is 5.91 Å². The molecule has 27 heavy (non-hydrogen) atoms. The summed E-state index contributed by atoms with van der Waals surface area (Å²) in [6.07, 6.45) is 2.81. The van der Waals surface area contributed by atoms with E-state index in [0.29, 0.717) is 24.3 Å². The number of pyridine rings is 1. The van der Waals surface area contributed by atoms with Crippen molar-refractivity contribution in [2.45, 2.75) is 18.9 Å². The molecule has 0 unspecified atom stereocenters. The first-order valence-corrected chi connectivity index (χ1v) is 9.66. The van der Waals surface area contributed by atoms with Gasteiger partial charge < -0.3 is 10.6 Å². The average Bonchev–Trinajstić information content (AvgIpc) is 3.24. The van der Waals surface area contributed by atoms with E-state index in [1.54, 1.807) is 12.3 Å². The third-order valence-corrected chi connectivity index (χ3v) is 4.92. The molecule has 0 aliphatic heterocycles. The Morgan fingerprint density at radius 3 is 2.52 bits per heavy atom. The molecule has 2 aromatic heterocycles. The van der Waals surface area contributed by atoms with E-state index < -0.39 is 6.04 Å². The van der Waals surface area contributed by atoms with Gasteiger partial charge in [0.25, 0.3) is 5.91 Å². The van der Waals surface area contributed by atoms with Gasteiger partial charge in [0.1, 0.15) is 6.04 Å². The highest BCUT2D eigenvalue weighted by atomic mass is 32.1. The molecule has 0 saturated heterocycles. The highest BCUT2D eigenvalue weighted by Crippen LogP contribution is 2.10. The minimum absolute atomic E-state index is 0.195. The fourth-order valence-electron chi connectivity index (χ4n) is 2.68. The normalized spacial score (nSPS) is 11.6. The Morgan fingerprint density at radius 1 is 1.00 bits per heavy atom. The topological polar surface area (TPSA) is 71.1 Å². The molecular weight excluding hydrogens is 358 g/mol. The predicted molar refractivity (Wildman–Crippen MR) is 107 cm³/mol. The Kier molecular flexibility index (Phi) is 6.71. The monoisotopic (exact) mass is 379 g/mol. The van der Waals surface area contributed by atoms with Gasteiger partial charge in [-0.15, -0.1) is 11.3 Å². The number of hydrogen-bond acceptors (Lipinski definition) is 4. The molecule has 0 bridgehead atoms. The van der Waals surface area contributed by atoms with Crippen molar-refractivity contribution >= 4 is 23.2 Å². The van der Waals surface area contributed by atoms with E-state index in [9.17, 15) is 9.59 Å². The van der Waals surface area contributed by atoms with Crippen molar-refractivity contribution in [2.75, 3.05) is 6.54 Å². The zero-order chi connectivity index (χ0) is 18.9. The van der Waals surface area contributed by atoms with Crippen LogP contribution in [0.1, 0.15) is 20.9 Å².